The molecule has 0 aromatic carbocycles. The van der Waals surface area contributed by atoms with Crippen LogP contribution in [0.2, 0.25) is 0 Å². The highest BCUT2D eigenvalue weighted by Crippen LogP contribution is 2.10. The molecule has 0 aliphatic carbocycles. The highest BCUT2D eigenvalue weighted by atomic mass is 15.2. The maximum Gasteiger partial charge on any atom is 0.0230 e. The number of likely N-dealkylation sites (N-methyl/N-ethyl adjacent to an activating group) is 1. The maximum atomic E-state index is 3.30. The molecule has 1 saturated heterocycles. The van der Waals surface area contributed by atoms with Gasteiger partial charge in [0.2, 0.25) is 0 Å². The smallest absolute Gasteiger partial charge is 0.0230 e. The second-order valence-electron chi connectivity index (χ2n) is 6.15. The maximum absolute atomic E-state index is 3.30. The minimum absolute atomic E-state index is 0.164. The molecule has 0 aromatic heterocycles. The standard InChI is InChI=1S/C15H28N2/c1-15(2,3)9-7-5-6-8-10-17-13-11-16(4)12-14-17/h5-6,8,10-14H2,1-4H3. The van der Waals surface area contributed by atoms with Gasteiger partial charge in [-0.3, -0.25) is 0 Å². The lowest BCUT2D eigenvalue weighted by Crippen LogP contribution is -2.44. The van der Waals surface area contributed by atoms with E-state index in [9.17, 15) is 0 Å². The van der Waals surface area contributed by atoms with Crippen molar-refractivity contribution in [1.82, 2.24) is 9.80 Å². The van der Waals surface area contributed by atoms with Crippen molar-refractivity contribution in [2.75, 3.05) is 39.8 Å². The van der Waals surface area contributed by atoms with Crippen molar-refractivity contribution < 1.29 is 0 Å². The Labute approximate surface area is 107 Å². The van der Waals surface area contributed by atoms with Gasteiger partial charge < -0.3 is 9.80 Å². The normalized spacial score (nSPS) is 18.8. The van der Waals surface area contributed by atoms with Crippen LogP contribution in [0.15, 0.2) is 0 Å². The van der Waals surface area contributed by atoms with Crippen molar-refractivity contribution in [3.63, 3.8) is 0 Å². The molecule has 1 fully saturated rings. The van der Waals surface area contributed by atoms with Crippen LogP contribution in [0, 0.1) is 17.3 Å². The molecule has 0 spiro atoms. The zero-order chi connectivity index (χ0) is 12.7. The van der Waals surface area contributed by atoms with Gasteiger partial charge in [0.1, 0.15) is 0 Å². The second-order valence-corrected chi connectivity index (χ2v) is 6.15. The van der Waals surface area contributed by atoms with Crippen molar-refractivity contribution in [2.45, 2.75) is 40.0 Å². The number of hydrogen-bond acceptors (Lipinski definition) is 2. The van der Waals surface area contributed by atoms with E-state index >= 15 is 0 Å². The minimum atomic E-state index is 0.164. The van der Waals surface area contributed by atoms with Crippen LogP contribution in [0.5, 0.6) is 0 Å². The predicted molar refractivity (Wildman–Crippen MR) is 75.0 cm³/mol. The van der Waals surface area contributed by atoms with Crippen LogP contribution in [0.25, 0.3) is 0 Å². The first-order valence-corrected chi connectivity index (χ1v) is 6.88. The molecule has 0 amide bonds. The van der Waals surface area contributed by atoms with Gasteiger partial charge in [-0.05, 0) is 47.2 Å². The molecule has 1 heterocycles. The van der Waals surface area contributed by atoms with E-state index in [0.717, 1.165) is 6.42 Å². The zero-order valence-electron chi connectivity index (χ0n) is 12.1. The van der Waals surface area contributed by atoms with E-state index in [1.807, 2.05) is 0 Å². The fourth-order valence-corrected chi connectivity index (χ4v) is 1.95. The summed E-state index contributed by atoms with van der Waals surface area (Å²) in [5.74, 6) is 6.59. The topological polar surface area (TPSA) is 6.48 Å². The molecule has 1 rings (SSSR count). The van der Waals surface area contributed by atoms with Crippen LogP contribution in [-0.4, -0.2) is 49.6 Å². The zero-order valence-corrected chi connectivity index (χ0v) is 12.1. The molecule has 2 nitrogen and oxygen atoms in total. The average molecular weight is 236 g/mol. The number of unbranched alkanes of at least 4 members (excludes halogenated alkanes) is 2. The van der Waals surface area contributed by atoms with E-state index in [0.29, 0.717) is 0 Å². The molecule has 98 valence electrons. The SMILES string of the molecule is CN1CCN(CCCCC#CC(C)(C)C)CC1. The molecule has 1 aliphatic rings. The average Bonchev–Trinajstić information content (AvgIpc) is 2.24. The van der Waals surface area contributed by atoms with Crippen LogP contribution in [0.1, 0.15) is 40.0 Å². The Bertz CT molecular complexity index is 259. The first-order chi connectivity index (χ1) is 7.97. The molecule has 0 unspecified atom stereocenters. The molecule has 0 atom stereocenters. The molecule has 0 bridgehead atoms. The minimum Gasteiger partial charge on any atom is -0.304 e. The van der Waals surface area contributed by atoms with Gasteiger partial charge >= 0.3 is 0 Å². The first-order valence-electron chi connectivity index (χ1n) is 6.88. The molecule has 0 aromatic rings. The van der Waals surface area contributed by atoms with Gasteiger partial charge in [-0.2, -0.15) is 0 Å². The number of nitrogens with zero attached hydrogens (tertiary/aromatic N) is 2. The van der Waals surface area contributed by atoms with E-state index in [-0.39, 0.29) is 5.41 Å². The van der Waals surface area contributed by atoms with Crippen molar-refractivity contribution in [1.29, 1.82) is 0 Å². The molecular formula is C15H28N2. The van der Waals surface area contributed by atoms with E-state index in [4.69, 9.17) is 0 Å². The van der Waals surface area contributed by atoms with Crippen molar-refractivity contribution in [3.05, 3.63) is 0 Å². The molecule has 0 radical (unpaired) electrons. The Hall–Kier alpha value is -0.520. The fourth-order valence-electron chi connectivity index (χ4n) is 1.95. The summed E-state index contributed by atoms with van der Waals surface area (Å²) in [5.41, 5.74) is 0.164. The third-order valence-corrected chi connectivity index (χ3v) is 3.09. The highest BCUT2D eigenvalue weighted by Gasteiger charge is 2.12. The van der Waals surface area contributed by atoms with Gasteiger partial charge in [-0.25, -0.2) is 0 Å². The summed E-state index contributed by atoms with van der Waals surface area (Å²) in [6.07, 6.45) is 3.60. The van der Waals surface area contributed by atoms with Crippen LogP contribution in [0.3, 0.4) is 0 Å². The summed E-state index contributed by atoms with van der Waals surface area (Å²) in [6.45, 7) is 12.7. The second kappa shape index (κ2) is 7.03. The van der Waals surface area contributed by atoms with E-state index in [2.05, 4.69) is 49.5 Å². The van der Waals surface area contributed by atoms with Gasteiger partial charge in [0.15, 0.2) is 0 Å². The monoisotopic (exact) mass is 236 g/mol. The molecule has 0 saturated carbocycles. The molecule has 2 heteroatoms. The lowest BCUT2D eigenvalue weighted by molar-refractivity contribution is 0.152. The molecule has 1 aliphatic heterocycles. The largest absolute Gasteiger partial charge is 0.304 e. The summed E-state index contributed by atoms with van der Waals surface area (Å²) < 4.78 is 0. The lowest BCUT2D eigenvalue weighted by atomic mass is 9.98. The van der Waals surface area contributed by atoms with E-state index in [1.54, 1.807) is 0 Å². The summed E-state index contributed by atoms with van der Waals surface area (Å²) in [4.78, 5) is 4.99. The quantitative estimate of drug-likeness (QED) is 0.546. The predicted octanol–water partition coefficient (Wildman–Crippen LogP) is 2.45. The summed E-state index contributed by atoms with van der Waals surface area (Å²) in [7, 11) is 2.21. The van der Waals surface area contributed by atoms with Gasteiger partial charge in [0.25, 0.3) is 0 Å². The fraction of sp³-hybridized carbons (Fsp3) is 0.867. The summed E-state index contributed by atoms with van der Waals surface area (Å²) in [6, 6.07) is 0. The van der Waals surface area contributed by atoms with Crippen LogP contribution in [0.4, 0.5) is 0 Å². The number of hydrogen-bond donors (Lipinski definition) is 0. The lowest BCUT2D eigenvalue weighted by Gasteiger charge is -2.32. The van der Waals surface area contributed by atoms with Gasteiger partial charge in [0, 0.05) is 38.0 Å². The van der Waals surface area contributed by atoms with Crippen LogP contribution in [-0.2, 0) is 0 Å². The Kier molecular flexibility index (Phi) is 6.02. The molecule has 17 heavy (non-hydrogen) atoms. The summed E-state index contributed by atoms with van der Waals surface area (Å²) >= 11 is 0. The number of rotatable bonds is 4. The Morgan fingerprint density at radius 1 is 1.00 bits per heavy atom. The van der Waals surface area contributed by atoms with Crippen LogP contribution >= 0.6 is 0 Å². The molecule has 0 N–H and O–H groups in total. The summed E-state index contributed by atoms with van der Waals surface area (Å²) in [5, 5.41) is 0. The van der Waals surface area contributed by atoms with E-state index in [1.165, 1.54) is 45.6 Å². The van der Waals surface area contributed by atoms with Crippen LogP contribution < -0.4 is 0 Å². The Balaban J connectivity index is 2.02. The van der Waals surface area contributed by atoms with Crippen molar-refractivity contribution in [3.8, 4) is 11.8 Å². The van der Waals surface area contributed by atoms with Gasteiger partial charge in [-0.15, -0.1) is 5.92 Å². The first kappa shape index (κ1) is 14.5. The van der Waals surface area contributed by atoms with E-state index < -0.39 is 0 Å². The van der Waals surface area contributed by atoms with Crippen molar-refractivity contribution in [2.24, 2.45) is 5.41 Å². The molecular weight excluding hydrogens is 208 g/mol. The van der Waals surface area contributed by atoms with Gasteiger partial charge in [-0.1, -0.05) is 5.92 Å². The number of piperazine rings is 1. The Morgan fingerprint density at radius 2 is 1.65 bits per heavy atom. The third-order valence-electron chi connectivity index (χ3n) is 3.09. The Morgan fingerprint density at radius 3 is 2.24 bits per heavy atom. The third kappa shape index (κ3) is 7.41. The van der Waals surface area contributed by atoms with Crippen molar-refractivity contribution >= 4 is 0 Å². The highest BCUT2D eigenvalue weighted by molar-refractivity contribution is 5.06. The van der Waals surface area contributed by atoms with Gasteiger partial charge in [0.05, 0.1) is 0 Å².